The molecule has 4 heterocycles. The Morgan fingerprint density at radius 3 is 2.42 bits per heavy atom. The number of nitrogens with one attached hydrogen (secondary N) is 1. The summed E-state index contributed by atoms with van der Waals surface area (Å²) in [5.74, 6) is -0.471. The molecular formula is C34H40Cl2FN5O2S. The Kier molecular flexibility index (Phi) is 8.17. The lowest BCUT2D eigenvalue weighted by Gasteiger charge is -2.42. The number of hydrogen-bond donors (Lipinski definition) is 1. The first-order valence-electron chi connectivity index (χ1n) is 16.0. The van der Waals surface area contributed by atoms with E-state index in [2.05, 4.69) is 42.9 Å². The van der Waals surface area contributed by atoms with Gasteiger partial charge in [-0.2, -0.15) is 0 Å². The number of carbonyl (C=O) groups is 2. The lowest BCUT2D eigenvalue weighted by atomic mass is 9.92. The van der Waals surface area contributed by atoms with Gasteiger partial charge >= 0.3 is 0 Å². The Bertz CT molecular complexity index is 1550. The van der Waals surface area contributed by atoms with Crippen LogP contribution >= 0.6 is 35.0 Å². The molecule has 11 heteroatoms. The van der Waals surface area contributed by atoms with Gasteiger partial charge in [-0.3, -0.25) is 19.8 Å². The smallest absolute Gasteiger partial charge is 0.263 e. The van der Waals surface area contributed by atoms with Crippen molar-refractivity contribution in [2.75, 3.05) is 26.7 Å². The van der Waals surface area contributed by atoms with Crippen molar-refractivity contribution in [2.24, 2.45) is 5.92 Å². The SMILES string of the molecule is CC(C)C1=C(C(=O)N2C(C(=O)N3CCN(C)C4(CC4)C3)CC[C@H]2C)SC2NC(c3ccc(Cl)cc3)C(c3ccc(Cl)c(F)c3)N12. The van der Waals surface area contributed by atoms with Crippen LogP contribution in [0.1, 0.15) is 69.7 Å². The van der Waals surface area contributed by atoms with Gasteiger partial charge in [0.1, 0.15) is 17.4 Å². The monoisotopic (exact) mass is 671 g/mol. The summed E-state index contributed by atoms with van der Waals surface area (Å²) < 4.78 is 14.9. The molecular weight excluding hydrogens is 632 g/mol. The second-order valence-electron chi connectivity index (χ2n) is 13.6. The minimum atomic E-state index is -0.477. The van der Waals surface area contributed by atoms with Gasteiger partial charge in [-0.15, -0.1) is 0 Å². The maximum Gasteiger partial charge on any atom is 0.263 e. The van der Waals surface area contributed by atoms with Crippen molar-refractivity contribution < 1.29 is 14.0 Å². The van der Waals surface area contributed by atoms with E-state index in [1.807, 2.05) is 40.1 Å². The van der Waals surface area contributed by atoms with Crippen LogP contribution in [-0.4, -0.2) is 81.2 Å². The molecule has 45 heavy (non-hydrogen) atoms. The maximum absolute atomic E-state index is 14.9. The number of halogens is 3. The number of thioether (sulfide) groups is 1. The van der Waals surface area contributed by atoms with Crippen LogP contribution in [-0.2, 0) is 9.59 Å². The van der Waals surface area contributed by atoms with Crippen LogP contribution in [0.2, 0.25) is 10.0 Å². The molecule has 0 bridgehead atoms. The van der Waals surface area contributed by atoms with E-state index in [0.29, 0.717) is 22.9 Å². The van der Waals surface area contributed by atoms with Crippen molar-refractivity contribution in [3.63, 3.8) is 0 Å². The summed E-state index contributed by atoms with van der Waals surface area (Å²) in [7, 11) is 2.16. The molecule has 1 spiro atoms. The number of rotatable bonds is 5. The van der Waals surface area contributed by atoms with E-state index >= 15 is 0 Å². The number of piperazine rings is 1. The van der Waals surface area contributed by atoms with Gasteiger partial charge in [0.2, 0.25) is 5.91 Å². The number of likely N-dealkylation sites (tertiary alicyclic amines) is 1. The number of benzene rings is 2. The fraction of sp³-hybridized carbons (Fsp3) is 0.529. The molecule has 0 aromatic heterocycles. The quantitative estimate of drug-likeness (QED) is 0.397. The summed E-state index contributed by atoms with van der Waals surface area (Å²) in [6, 6.07) is 11.7. The zero-order chi connectivity index (χ0) is 31.8. The lowest BCUT2D eigenvalue weighted by molar-refractivity contribution is -0.145. The first-order chi connectivity index (χ1) is 21.5. The molecule has 5 aliphatic rings. The fourth-order valence-corrected chi connectivity index (χ4v) is 9.55. The summed E-state index contributed by atoms with van der Waals surface area (Å²) in [6.07, 6.45) is 3.72. The molecule has 7 rings (SSSR count). The summed E-state index contributed by atoms with van der Waals surface area (Å²) in [4.78, 5) is 37.9. The van der Waals surface area contributed by atoms with Crippen LogP contribution in [0.4, 0.5) is 4.39 Å². The van der Waals surface area contributed by atoms with Gasteiger partial charge in [0.05, 0.1) is 22.0 Å². The van der Waals surface area contributed by atoms with Crippen LogP contribution in [0.3, 0.4) is 0 Å². The normalized spacial score (nSPS) is 29.3. The highest BCUT2D eigenvalue weighted by Gasteiger charge is 2.54. The van der Waals surface area contributed by atoms with E-state index in [9.17, 15) is 14.0 Å². The third-order valence-corrected chi connectivity index (χ3v) is 12.3. The number of allylic oxidation sites excluding steroid dienone is 1. The molecule has 7 nitrogen and oxygen atoms in total. The molecule has 1 N–H and O–H groups in total. The molecule has 3 saturated heterocycles. The lowest BCUT2D eigenvalue weighted by Crippen LogP contribution is -2.59. The molecule has 2 aromatic carbocycles. The van der Waals surface area contributed by atoms with E-state index in [1.165, 1.54) is 17.8 Å². The van der Waals surface area contributed by atoms with Gasteiger partial charge in [0, 0.05) is 41.9 Å². The highest BCUT2D eigenvalue weighted by Crippen LogP contribution is 2.54. The van der Waals surface area contributed by atoms with E-state index < -0.39 is 11.9 Å². The van der Waals surface area contributed by atoms with Crippen LogP contribution in [0, 0.1) is 11.7 Å². The number of likely N-dealkylation sites (N-methyl/N-ethyl adjacent to an activating group) is 1. The van der Waals surface area contributed by atoms with E-state index in [0.717, 1.165) is 49.2 Å². The molecule has 4 aliphatic heterocycles. The second kappa shape index (κ2) is 11.7. The molecule has 2 aromatic rings. The van der Waals surface area contributed by atoms with Crippen molar-refractivity contribution in [3.8, 4) is 0 Å². The largest absolute Gasteiger partial charge is 0.340 e. The average Bonchev–Trinajstić information content (AvgIpc) is 3.33. The molecule has 2 amide bonds. The molecule has 5 atom stereocenters. The first kappa shape index (κ1) is 31.3. The first-order valence-corrected chi connectivity index (χ1v) is 17.6. The summed E-state index contributed by atoms with van der Waals surface area (Å²) in [6.45, 7) is 8.55. The minimum absolute atomic E-state index is 0.00582. The fourth-order valence-electron chi connectivity index (χ4n) is 7.84. The van der Waals surface area contributed by atoms with Crippen LogP contribution in [0.15, 0.2) is 53.1 Å². The number of hydrogen-bond acceptors (Lipinski definition) is 6. The molecule has 1 aliphatic carbocycles. The Labute approximate surface area is 279 Å². The van der Waals surface area contributed by atoms with Crippen molar-refractivity contribution >= 4 is 46.8 Å². The van der Waals surface area contributed by atoms with Gasteiger partial charge in [-0.25, -0.2) is 4.39 Å². The van der Waals surface area contributed by atoms with Gasteiger partial charge < -0.3 is 14.7 Å². The molecule has 4 fully saturated rings. The highest BCUT2D eigenvalue weighted by atomic mass is 35.5. The standard InChI is InChI=1S/C34H40Cl2FN5O2S/c1-19(2)28-30(32(44)41-20(3)5-12-26(41)31(43)40-16-15-39(4)34(18-40)13-14-34)45-33-38-27(21-6-9-23(35)10-7-21)29(42(28)33)22-8-11-24(36)25(37)17-22/h6-11,17,19-20,26-27,29,33,38H,5,12-16,18H2,1-4H3/t20-,26?,27?,29?,33?/m1/s1. The maximum atomic E-state index is 14.9. The molecule has 240 valence electrons. The predicted molar refractivity (Wildman–Crippen MR) is 177 cm³/mol. The van der Waals surface area contributed by atoms with Gasteiger partial charge in [-0.1, -0.05) is 67.0 Å². The van der Waals surface area contributed by atoms with Crippen LogP contribution < -0.4 is 5.32 Å². The third kappa shape index (κ3) is 5.36. The third-order valence-electron chi connectivity index (χ3n) is 10.5. The van der Waals surface area contributed by atoms with E-state index in [-0.39, 0.29) is 51.9 Å². The van der Waals surface area contributed by atoms with Crippen molar-refractivity contribution in [1.82, 2.24) is 24.9 Å². The predicted octanol–water partition coefficient (Wildman–Crippen LogP) is 6.40. The van der Waals surface area contributed by atoms with Gasteiger partial charge in [0.25, 0.3) is 5.91 Å². The Hall–Kier alpha value is -2.30. The van der Waals surface area contributed by atoms with Crippen molar-refractivity contribution in [2.45, 2.75) is 81.7 Å². The van der Waals surface area contributed by atoms with E-state index in [4.69, 9.17) is 23.2 Å². The number of fused-ring (bicyclic) bond motifs is 1. The van der Waals surface area contributed by atoms with Crippen molar-refractivity contribution in [1.29, 1.82) is 0 Å². The Morgan fingerprint density at radius 1 is 1.04 bits per heavy atom. The molecule has 1 saturated carbocycles. The number of amides is 2. The summed E-state index contributed by atoms with van der Waals surface area (Å²) in [5, 5.41) is 4.46. The highest BCUT2D eigenvalue weighted by molar-refractivity contribution is 8.04. The summed E-state index contributed by atoms with van der Waals surface area (Å²) in [5.41, 5.74) is 2.58. The molecule has 0 radical (unpaired) electrons. The Balaban J connectivity index is 1.23. The number of nitrogens with zero attached hydrogens (tertiary/aromatic N) is 4. The second-order valence-corrected chi connectivity index (χ2v) is 15.6. The topological polar surface area (TPSA) is 59.1 Å². The van der Waals surface area contributed by atoms with E-state index in [1.54, 1.807) is 6.07 Å². The van der Waals surface area contributed by atoms with Crippen molar-refractivity contribution in [3.05, 3.63) is 80.1 Å². The minimum Gasteiger partial charge on any atom is -0.340 e. The van der Waals surface area contributed by atoms with Crippen LogP contribution in [0.5, 0.6) is 0 Å². The van der Waals surface area contributed by atoms with Gasteiger partial charge in [0.15, 0.2) is 0 Å². The molecule has 4 unspecified atom stereocenters. The van der Waals surface area contributed by atoms with Gasteiger partial charge in [-0.05, 0) is 81.0 Å². The average molecular weight is 673 g/mol. The summed E-state index contributed by atoms with van der Waals surface area (Å²) >= 11 is 13.8. The van der Waals surface area contributed by atoms with Crippen LogP contribution in [0.25, 0.3) is 0 Å². The zero-order valence-electron chi connectivity index (χ0n) is 26.1. The Morgan fingerprint density at radius 2 is 1.76 bits per heavy atom. The number of carbonyl (C=O) groups excluding carboxylic acids is 2. The zero-order valence-corrected chi connectivity index (χ0v) is 28.4.